The number of aryl methyl sites for hydroxylation is 2. The van der Waals surface area contributed by atoms with E-state index in [0.717, 1.165) is 33.3 Å². The number of aromatic nitrogens is 1. The van der Waals surface area contributed by atoms with E-state index in [1.165, 1.54) is 0 Å². The number of amides is 1. The smallest absolute Gasteiger partial charge is 0.325 e. The number of para-hydroxylation sites is 1. The number of pyridine rings is 1. The second-order valence-electron chi connectivity index (χ2n) is 6.42. The fraction of sp³-hybridized carbons (Fsp3) is 0.227. The molecule has 0 saturated carbocycles. The number of carbonyl (C=O) groups excluding carboxylic acids is 2. The average Bonchev–Trinajstić information content (AvgIpc) is 2.69. The first-order valence-corrected chi connectivity index (χ1v) is 8.85. The van der Waals surface area contributed by atoms with Gasteiger partial charge in [-0.3, -0.25) is 14.6 Å². The zero-order valence-electron chi connectivity index (χ0n) is 15.5. The predicted octanol–water partition coefficient (Wildman–Crippen LogP) is 3.25. The number of hydrogen-bond donors (Lipinski definition) is 1. The van der Waals surface area contributed by atoms with Gasteiger partial charge in [-0.2, -0.15) is 0 Å². The Bertz CT molecular complexity index is 968. The number of rotatable bonds is 6. The first kappa shape index (κ1) is 18.6. The fourth-order valence-electron chi connectivity index (χ4n) is 3.01. The summed E-state index contributed by atoms with van der Waals surface area (Å²) in [5.74, 6) is -0.688. The molecule has 0 bridgehead atoms. The van der Waals surface area contributed by atoms with Crippen LogP contribution in [-0.2, 0) is 27.4 Å². The second-order valence-corrected chi connectivity index (χ2v) is 6.42. The summed E-state index contributed by atoms with van der Waals surface area (Å²) in [6.07, 6.45) is 0.182. The molecule has 3 rings (SSSR count). The summed E-state index contributed by atoms with van der Waals surface area (Å²) >= 11 is 0. The van der Waals surface area contributed by atoms with Crippen molar-refractivity contribution in [3.8, 4) is 0 Å². The Labute approximate surface area is 158 Å². The Hall–Kier alpha value is -3.21. The number of nitrogens with one attached hydrogen (secondary N) is 1. The SMILES string of the molecule is Cc1nc2ccccc2c(C)c1CC(=O)NCC(=O)OCc1ccccc1. The molecule has 1 aromatic heterocycles. The number of nitrogens with zero attached hydrogens (tertiary/aromatic N) is 1. The molecule has 2 aromatic carbocycles. The summed E-state index contributed by atoms with van der Waals surface area (Å²) in [6, 6.07) is 17.3. The van der Waals surface area contributed by atoms with Crippen LogP contribution >= 0.6 is 0 Å². The van der Waals surface area contributed by atoms with Crippen molar-refractivity contribution in [2.24, 2.45) is 0 Å². The van der Waals surface area contributed by atoms with Crippen LogP contribution in [0.2, 0.25) is 0 Å². The molecule has 0 unspecified atom stereocenters. The van der Waals surface area contributed by atoms with Crippen LogP contribution in [-0.4, -0.2) is 23.4 Å². The van der Waals surface area contributed by atoms with Crippen molar-refractivity contribution in [1.29, 1.82) is 0 Å². The number of hydrogen-bond acceptors (Lipinski definition) is 4. The van der Waals surface area contributed by atoms with Crippen LogP contribution in [0.4, 0.5) is 0 Å². The van der Waals surface area contributed by atoms with Crippen LogP contribution in [0.15, 0.2) is 54.6 Å². The van der Waals surface area contributed by atoms with Crippen LogP contribution in [0.5, 0.6) is 0 Å². The maximum absolute atomic E-state index is 12.3. The average molecular weight is 362 g/mol. The topological polar surface area (TPSA) is 68.3 Å². The number of esters is 1. The molecule has 0 radical (unpaired) electrons. The van der Waals surface area contributed by atoms with E-state index in [1.807, 2.05) is 68.4 Å². The number of carbonyl (C=O) groups is 2. The molecule has 0 fully saturated rings. The van der Waals surface area contributed by atoms with Crippen LogP contribution < -0.4 is 5.32 Å². The monoisotopic (exact) mass is 362 g/mol. The van der Waals surface area contributed by atoms with Crippen molar-refractivity contribution in [2.75, 3.05) is 6.54 Å². The second kappa shape index (κ2) is 8.45. The molecule has 1 amide bonds. The minimum atomic E-state index is -0.461. The first-order valence-electron chi connectivity index (χ1n) is 8.85. The normalized spacial score (nSPS) is 10.6. The third kappa shape index (κ3) is 4.70. The molecule has 0 aliphatic carbocycles. The Kier molecular flexibility index (Phi) is 5.81. The molecule has 138 valence electrons. The van der Waals surface area contributed by atoms with Gasteiger partial charge in [0.15, 0.2) is 0 Å². The molecule has 5 nitrogen and oxygen atoms in total. The van der Waals surface area contributed by atoms with Crippen molar-refractivity contribution in [1.82, 2.24) is 10.3 Å². The van der Waals surface area contributed by atoms with Crippen molar-refractivity contribution in [3.63, 3.8) is 0 Å². The van der Waals surface area contributed by atoms with Gasteiger partial charge in [-0.05, 0) is 36.6 Å². The van der Waals surface area contributed by atoms with Crippen molar-refractivity contribution < 1.29 is 14.3 Å². The lowest BCUT2D eigenvalue weighted by atomic mass is 9.99. The van der Waals surface area contributed by atoms with E-state index in [1.54, 1.807) is 0 Å². The van der Waals surface area contributed by atoms with Crippen molar-refractivity contribution >= 4 is 22.8 Å². The zero-order chi connectivity index (χ0) is 19.2. The molecule has 5 heteroatoms. The molecule has 0 aliphatic rings. The predicted molar refractivity (Wildman–Crippen MR) is 104 cm³/mol. The number of fused-ring (bicyclic) bond motifs is 1. The Morgan fingerprint density at radius 2 is 1.70 bits per heavy atom. The maximum atomic E-state index is 12.3. The van der Waals surface area contributed by atoms with Crippen LogP contribution in [0.3, 0.4) is 0 Å². The van der Waals surface area contributed by atoms with Gasteiger partial charge in [-0.25, -0.2) is 0 Å². The molecule has 3 aromatic rings. The van der Waals surface area contributed by atoms with E-state index in [0.29, 0.717) is 0 Å². The zero-order valence-corrected chi connectivity index (χ0v) is 15.5. The number of benzene rings is 2. The van der Waals surface area contributed by atoms with Gasteiger partial charge >= 0.3 is 5.97 Å². The minimum Gasteiger partial charge on any atom is -0.460 e. The van der Waals surface area contributed by atoms with Crippen LogP contribution in [0.1, 0.15) is 22.4 Å². The Balaban J connectivity index is 1.56. The van der Waals surface area contributed by atoms with Gasteiger partial charge in [-0.1, -0.05) is 48.5 Å². The third-order valence-corrected chi connectivity index (χ3v) is 4.50. The van der Waals surface area contributed by atoms with E-state index in [4.69, 9.17) is 4.74 Å². The lowest BCUT2D eigenvalue weighted by Gasteiger charge is -2.12. The van der Waals surface area contributed by atoms with Gasteiger partial charge in [0.05, 0.1) is 11.9 Å². The van der Waals surface area contributed by atoms with Crippen LogP contribution in [0, 0.1) is 13.8 Å². The summed E-state index contributed by atoms with van der Waals surface area (Å²) in [7, 11) is 0. The van der Waals surface area contributed by atoms with E-state index < -0.39 is 5.97 Å². The summed E-state index contributed by atoms with van der Waals surface area (Å²) in [4.78, 5) is 28.7. The molecular formula is C22H22N2O3. The van der Waals surface area contributed by atoms with E-state index in [2.05, 4.69) is 10.3 Å². The van der Waals surface area contributed by atoms with Crippen molar-refractivity contribution in [2.45, 2.75) is 26.9 Å². The molecule has 0 spiro atoms. The summed E-state index contributed by atoms with van der Waals surface area (Å²) < 4.78 is 5.17. The van der Waals surface area contributed by atoms with Gasteiger partial charge in [0, 0.05) is 11.1 Å². The van der Waals surface area contributed by atoms with Gasteiger partial charge in [0.25, 0.3) is 0 Å². The standard InChI is InChI=1S/C22H22N2O3/c1-15-18-10-6-7-11-20(18)24-16(2)19(15)12-21(25)23-13-22(26)27-14-17-8-4-3-5-9-17/h3-11H,12-14H2,1-2H3,(H,23,25). The summed E-state index contributed by atoms with van der Waals surface area (Å²) in [5.41, 5.74) is 4.59. The maximum Gasteiger partial charge on any atom is 0.325 e. The lowest BCUT2D eigenvalue weighted by Crippen LogP contribution is -2.32. The molecular weight excluding hydrogens is 340 g/mol. The first-order chi connectivity index (χ1) is 13.0. The van der Waals surface area contributed by atoms with Gasteiger partial charge < -0.3 is 10.1 Å². The highest BCUT2D eigenvalue weighted by Crippen LogP contribution is 2.22. The van der Waals surface area contributed by atoms with Gasteiger partial charge in [0.2, 0.25) is 5.91 Å². The summed E-state index contributed by atoms with van der Waals surface area (Å²) in [5, 5.41) is 3.66. The van der Waals surface area contributed by atoms with E-state index in [9.17, 15) is 9.59 Å². The van der Waals surface area contributed by atoms with E-state index >= 15 is 0 Å². The highest BCUT2D eigenvalue weighted by Gasteiger charge is 2.14. The Morgan fingerprint density at radius 3 is 2.48 bits per heavy atom. The molecule has 1 heterocycles. The highest BCUT2D eigenvalue weighted by molar-refractivity contribution is 5.87. The largest absolute Gasteiger partial charge is 0.460 e. The van der Waals surface area contributed by atoms with Gasteiger partial charge in [0.1, 0.15) is 13.2 Å². The molecule has 0 saturated heterocycles. The third-order valence-electron chi connectivity index (χ3n) is 4.50. The lowest BCUT2D eigenvalue weighted by molar-refractivity contribution is -0.145. The Morgan fingerprint density at radius 1 is 1.00 bits per heavy atom. The quantitative estimate of drug-likeness (QED) is 0.684. The summed E-state index contributed by atoms with van der Waals surface area (Å²) in [6.45, 7) is 3.94. The fourth-order valence-corrected chi connectivity index (χ4v) is 3.01. The number of ether oxygens (including phenoxy) is 1. The molecule has 0 atom stereocenters. The molecule has 1 N–H and O–H groups in total. The van der Waals surface area contributed by atoms with Crippen molar-refractivity contribution in [3.05, 3.63) is 77.0 Å². The minimum absolute atomic E-state index is 0.148. The molecule has 0 aliphatic heterocycles. The molecule has 27 heavy (non-hydrogen) atoms. The van der Waals surface area contributed by atoms with Gasteiger partial charge in [-0.15, -0.1) is 0 Å². The highest BCUT2D eigenvalue weighted by atomic mass is 16.5. The van der Waals surface area contributed by atoms with Crippen LogP contribution in [0.25, 0.3) is 10.9 Å². The van der Waals surface area contributed by atoms with E-state index in [-0.39, 0.29) is 25.5 Å².